The zero-order valence-corrected chi connectivity index (χ0v) is 13.1. The second-order valence-electron chi connectivity index (χ2n) is 4.45. The Balaban J connectivity index is 2.34. The van der Waals surface area contributed by atoms with Gasteiger partial charge in [0, 0.05) is 5.56 Å². The third-order valence-corrected chi connectivity index (χ3v) is 2.88. The van der Waals surface area contributed by atoms with Gasteiger partial charge < -0.3 is 15.2 Å². The molecular formula is C15H15N7O2. The van der Waals surface area contributed by atoms with E-state index in [1.54, 1.807) is 36.4 Å². The Labute approximate surface area is 138 Å². The van der Waals surface area contributed by atoms with E-state index in [4.69, 9.17) is 25.9 Å². The van der Waals surface area contributed by atoms with E-state index in [2.05, 4.69) is 20.5 Å². The molecule has 0 aliphatic heterocycles. The summed E-state index contributed by atoms with van der Waals surface area (Å²) in [5.74, 6) is 0.737. The highest BCUT2D eigenvalue weighted by molar-refractivity contribution is 6.45. The lowest BCUT2D eigenvalue weighted by atomic mass is 10.2. The van der Waals surface area contributed by atoms with Crippen molar-refractivity contribution in [3.8, 4) is 29.2 Å². The molecule has 1 heterocycles. The van der Waals surface area contributed by atoms with Crippen LogP contribution in [0.25, 0.3) is 11.4 Å². The van der Waals surface area contributed by atoms with Gasteiger partial charge in [-0.3, -0.25) is 10.8 Å². The van der Waals surface area contributed by atoms with Crippen molar-refractivity contribution < 1.29 is 9.47 Å². The number of nitrogens with two attached hydrogens (primary N) is 1. The lowest BCUT2D eigenvalue weighted by Gasteiger charge is -2.08. The first-order valence-corrected chi connectivity index (χ1v) is 6.73. The summed E-state index contributed by atoms with van der Waals surface area (Å²) in [6.07, 6.45) is 0. The van der Waals surface area contributed by atoms with Crippen LogP contribution in [0.2, 0.25) is 0 Å². The fourth-order valence-electron chi connectivity index (χ4n) is 1.74. The number of amidine groups is 1. The maximum Gasteiger partial charge on any atom is 0.220 e. The van der Waals surface area contributed by atoms with Crippen molar-refractivity contribution in [2.24, 2.45) is 10.8 Å². The van der Waals surface area contributed by atoms with Gasteiger partial charge in [0.15, 0.2) is 11.7 Å². The lowest BCUT2D eigenvalue weighted by molar-refractivity contribution is 0.372. The molecule has 0 saturated carbocycles. The minimum Gasteiger partial charge on any atom is -0.481 e. The molecule has 2 rings (SSSR count). The predicted molar refractivity (Wildman–Crippen MR) is 89.2 cm³/mol. The Bertz CT molecular complexity index is 805. The summed E-state index contributed by atoms with van der Waals surface area (Å²) in [5.41, 5.74) is 8.97. The SMILES string of the molecule is COc1cc(OC)nc(-c2cccc(N/N=C(\C#N)C(=N)N)c2)n1. The number of hydrogen-bond donors (Lipinski definition) is 3. The number of hydrogen-bond acceptors (Lipinski definition) is 8. The summed E-state index contributed by atoms with van der Waals surface area (Å²) in [6.45, 7) is 0. The summed E-state index contributed by atoms with van der Waals surface area (Å²) >= 11 is 0. The zero-order chi connectivity index (χ0) is 17.5. The summed E-state index contributed by atoms with van der Waals surface area (Å²) in [4.78, 5) is 8.53. The minimum absolute atomic E-state index is 0.209. The summed E-state index contributed by atoms with van der Waals surface area (Å²) in [7, 11) is 3.01. The highest BCUT2D eigenvalue weighted by Crippen LogP contribution is 2.24. The Kier molecular flexibility index (Phi) is 5.25. The monoisotopic (exact) mass is 325 g/mol. The first kappa shape index (κ1) is 16.7. The van der Waals surface area contributed by atoms with Gasteiger partial charge in [-0.1, -0.05) is 12.1 Å². The van der Waals surface area contributed by atoms with Crippen LogP contribution in [0.5, 0.6) is 11.8 Å². The van der Waals surface area contributed by atoms with Crippen molar-refractivity contribution in [1.29, 1.82) is 10.7 Å². The average molecular weight is 325 g/mol. The van der Waals surface area contributed by atoms with Gasteiger partial charge in [0.05, 0.1) is 26.0 Å². The van der Waals surface area contributed by atoms with Crippen LogP contribution in [0.3, 0.4) is 0 Å². The van der Waals surface area contributed by atoms with Crippen LogP contribution in [0, 0.1) is 16.7 Å². The van der Waals surface area contributed by atoms with E-state index in [-0.39, 0.29) is 5.71 Å². The second kappa shape index (κ2) is 7.55. The number of benzene rings is 1. The maximum absolute atomic E-state index is 8.83. The summed E-state index contributed by atoms with van der Waals surface area (Å²) in [5, 5.41) is 19.8. The highest BCUT2D eigenvalue weighted by Gasteiger charge is 2.08. The van der Waals surface area contributed by atoms with E-state index in [1.807, 2.05) is 0 Å². The lowest BCUT2D eigenvalue weighted by Crippen LogP contribution is -2.21. The van der Waals surface area contributed by atoms with E-state index in [9.17, 15) is 0 Å². The zero-order valence-electron chi connectivity index (χ0n) is 13.1. The predicted octanol–water partition coefficient (Wildman–Crippen LogP) is 1.39. The number of rotatable bonds is 6. The van der Waals surface area contributed by atoms with Crippen molar-refractivity contribution in [1.82, 2.24) is 9.97 Å². The smallest absolute Gasteiger partial charge is 0.220 e. The van der Waals surface area contributed by atoms with E-state index >= 15 is 0 Å². The third kappa shape index (κ3) is 3.95. The van der Waals surface area contributed by atoms with Crippen LogP contribution >= 0.6 is 0 Å². The molecule has 0 aliphatic rings. The number of aromatic nitrogens is 2. The van der Waals surface area contributed by atoms with E-state index in [0.717, 1.165) is 0 Å². The Hall–Kier alpha value is -3.67. The standard InChI is InChI=1S/C15H15N7O2/c1-23-12-7-13(24-2)20-15(19-12)9-4-3-5-10(6-9)21-22-11(8-16)14(17)18/h3-7,21H,1-2H3,(H3,17,18)/b22-11+. The maximum atomic E-state index is 8.83. The average Bonchev–Trinajstić information content (AvgIpc) is 2.61. The number of anilines is 1. The molecule has 9 heteroatoms. The largest absolute Gasteiger partial charge is 0.481 e. The second-order valence-corrected chi connectivity index (χ2v) is 4.45. The molecule has 0 unspecified atom stereocenters. The molecule has 0 atom stereocenters. The molecule has 0 spiro atoms. The van der Waals surface area contributed by atoms with E-state index in [0.29, 0.717) is 28.8 Å². The summed E-state index contributed by atoms with van der Waals surface area (Å²) < 4.78 is 10.3. The van der Waals surface area contributed by atoms with Crippen LogP contribution in [0.15, 0.2) is 35.4 Å². The van der Waals surface area contributed by atoms with Gasteiger partial charge in [-0.05, 0) is 12.1 Å². The Morgan fingerprint density at radius 3 is 2.46 bits per heavy atom. The van der Waals surface area contributed by atoms with Crippen LogP contribution in [-0.2, 0) is 0 Å². The normalized spacial score (nSPS) is 10.6. The van der Waals surface area contributed by atoms with Crippen LogP contribution in [0.1, 0.15) is 0 Å². The number of ether oxygens (including phenoxy) is 2. The van der Waals surface area contributed by atoms with Crippen LogP contribution < -0.4 is 20.6 Å². The van der Waals surface area contributed by atoms with Crippen molar-refractivity contribution in [3.63, 3.8) is 0 Å². The molecule has 0 fully saturated rings. The van der Waals surface area contributed by atoms with Gasteiger partial charge in [0.25, 0.3) is 0 Å². The van der Waals surface area contributed by atoms with Gasteiger partial charge in [0.1, 0.15) is 6.07 Å². The van der Waals surface area contributed by atoms with Crippen molar-refractivity contribution in [2.45, 2.75) is 0 Å². The van der Waals surface area contributed by atoms with E-state index in [1.165, 1.54) is 14.2 Å². The quantitative estimate of drug-likeness (QED) is 0.413. The highest BCUT2D eigenvalue weighted by atomic mass is 16.5. The number of nitrogens with one attached hydrogen (secondary N) is 2. The summed E-state index contributed by atoms with van der Waals surface area (Å²) in [6, 6.07) is 10.3. The molecule has 122 valence electrons. The molecule has 4 N–H and O–H groups in total. The molecule has 0 bridgehead atoms. The molecule has 0 aliphatic carbocycles. The first-order valence-electron chi connectivity index (χ1n) is 6.73. The molecule has 9 nitrogen and oxygen atoms in total. The fraction of sp³-hybridized carbons (Fsp3) is 0.133. The number of hydrazone groups is 1. The van der Waals surface area contributed by atoms with Gasteiger partial charge in [-0.25, -0.2) is 0 Å². The number of nitrogens with zero attached hydrogens (tertiary/aromatic N) is 4. The molecule has 0 saturated heterocycles. The minimum atomic E-state index is -0.415. The van der Waals surface area contributed by atoms with Crippen molar-refractivity contribution in [3.05, 3.63) is 30.3 Å². The fourth-order valence-corrected chi connectivity index (χ4v) is 1.74. The Morgan fingerprint density at radius 1 is 1.25 bits per heavy atom. The molecule has 0 amide bonds. The van der Waals surface area contributed by atoms with Gasteiger partial charge in [0.2, 0.25) is 17.5 Å². The molecule has 1 aromatic carbocycles. The van der Waals surface area contributed by atoms with Crippen molar-refractivity contribution >= 4 is 17.2 Å². The van der Waals surface area contributed by atoms with Crippen molar-refractivity contribution in [2.75, 3.05) is 19.6 Å². The van der Waals surface area contributed by atoms with Gasteiger partial charge in [-0.15, -0.1) is 0 Å². The number of nitriles is 1. The van der Waals surface area contributed by atoms with Crippen LogP contribution in [-0.4, -0.2) is 35.7 Å². The molecule has 24 heavy (non-hydrogen) atoms. The van der Waals surface area contributed by atoms with Crippen LogP contribution in [0.4, 0.5) is 5.69 Å². The topological polar surface area (TPSA) is 142 Å². The molecule has 0 radical (unpaired) electrons. The molecular weight excluding hydrogens is 310 g/mol. The first-order chi connectivity index (χ1) is 11.6. The van der Waals surface area contributed by atoms with Gasteiger partial charge in [-0.2, -0.15) is 20.3 Å². The third-order valence-electron chi connectivity index (χ3n) is 2.88. The number of methoxy groups -OCH3 is 2. The van der Waals surface area contributed by atoms with Gasteiger partial charge >= 0.3 is 0 Å². The molecule has 1 aromatic heterocycles. The van der Waals surface area contributed by atoms with E-state index < -0.39 is 5.84 Å². The molecule has 2 aromatic rings. The Morgan fingerprint density at radius 2 is 1.92 bits per heavy atom.